The second kappa shape index (κ2) is 4.80. The van der Waals surface area contributed by atoms with Crippen LogP contribution in [0.3, 0.4) is 0 Å². The minimum Gasteiger partial charge on any atom is -0.361 e. The van der Waals surface area contributed by atoms with Crippen LogP contribution >= 0.6 is 0 Å². The predicted molar refractivity (Wildman–Crippen MR) is 56.7 cm³/mol. The molecule has 0 radical (unpaired) electrons. The average Bonchev–Trinajstić information content (AvgIpc) is 2.66. The fourth-order valence-electron chi connectivity index (χ4n) is 0.995. The van der Waals surface area contributed by atoms with Crippen molar-refractivity contribution in [1.82, 2.24) is 4.98 Å². The molecule has 5 nitrogen and oxygen atoms in total. The topological polar surface area (TPSA) is 102 Å². The van der Waals surface area contributed by atoms with Crippen molar-refractivity contribution >= 4 is 22.7 Å². The van der Waals surface area contributed by atoms with E-state index in [-0.39, 0.29) is 0 Å². The molecule has 15 heavy (non-hydrogen) atoms. The van der Waals surface area contributed by atoms with Gasteiger partial charge in [0, 0.05) is 11.7 Å². The molecule has 0 unspecified atom stereocenters. The largest absolute Gasteiger partial charge is 0.361 e. The Morgan fingerprint density at radius 3 is 2.13 bits per heavy atom. The zero-order chi connectivity index (χ0) is 11.3. The van der Waals surface area contributed by atoms with Gasteiger partial charge in [-0.05, 0) is 17.5 Å². The molecule has 5 heteroatoms. The van der Waals surface area contributed by atoms with Gasteiger partial charge in [0.1, 0.15) is 0 Å². The molecular formula is C10H11N3O2. The molecule has 2 rings (SSSR count). The third kappa shape index (κ3) is 3.15. The van der Waals surface area contributed by atoms with Crippen LogP contribution in [0, 0.1) is 0 Å². The fourth-order valence-corrected chi connectivity index (χ4v) is 0.995. The molecule has 78 valence electrons. The second-order valence-corrected chi connectivity index (χ2v) is 2.79. The molecule has 0 bridgehead atoms. The number of H-pyrrole nitrogens is 1. The molecule has 0 spiro atoms. The van der Waals surface area contributed by atoms with Crippen LogP contribution in [0.4, 0.5) is 0 Å². The van der Waals surface area contributed by atoms with E-state index < -0.39 is 11.8 Å². The minimum absolute atomic E-state index is 1.10. The number of hydrogen-bond acceptors (Lipinski definition) is 2. The van der Waals surface area contributed by atoms with Gasteiger partial charge in [-0.15, -0.1) is 0 Å². The summed E-state index contributed by atoms with van der Waals surface area (Å²) in [5.41, 5.74) is 9.85. The lowest BCUT2D eigenvalue weighted by Gasteiger charge is -1.83. The van der Waals surface area contributed by atoms with E-state index in [1.807, 2.05) is 18.3 Å². The number of para-hydroxylation sites is 1. The van der Waals surface area contributed by atoms with E-state index in [0.717, 1.165) is 0 Å². The Bertz CT molecular complexity index is 434. The highest BCUT2D eigenvalue weighted by atomic mass is 16.2. The van der Waals surface area contributed by atoms with Gasteiger partial charge in [0.2, 0.25) is 0 Å². The summed E-state index contributed by atoms with van der Waals surface area (Å²) in [6.07, 6.45) is 1.95. The number of amides is 2. The van der Waals surface area contributed by atoms with Crippen molar-refractivity contribution in [3.63, 3.8) is 0 Å². The second-order valence-electron chi connectivity index (χ2n) is 2.79. The van der Waals surface area contributed by atoms with E-state index in [1.54, 1.807) is 0 Å². The molecule has 2 amide bonds. The predicted octanol–water partition coefficient (Wildman–Crippen LogP) is 0.125. The van der Waals surface area contributed by atoms with Gasteiger partial charge in [-0.25, -0.2) is 0 Å². The van der Waals surface area contributed by atoms with Crippen molar-refractivity contribution in [1.29, 1.82) is 0 Å². The van der Waals surface area contributed by atoms with Crippen LogP contribution in [0.15, 0.2) is 36.5 Å². The first-order valence-electron chi connectivity index (χ1n) is 4.22. The van der Waals surface area contributed by atoms with E-state index in [2.05, 4.69) is 34.7 Å². The van der Waals surface area contributed by atoms with Gasteiger partial charge in [0.05, 0.1) is 0 Å². The first-order chi connectivity index (χ1) is 7.11. The van der Waals surface area contributed by atoms with Crippen molar-refractivity contribution in [2.75, 3.05) is 0 Å². The Labute approximate surface area is 86.1 Å². The van der Waals surface area contributed by atoms with Crippen LogP contribution in [-0.2, 0) is 9.59 Å². The molecule has 0 atom stereocenters. The Hall–Kier alpha value is -2.30. The number of aromatic amines is 1. The van der Waals surface area contributed by atoms with Crippen molar-refractivity contribution in [3.05, 3.63) is 36.5 Å². The van der Waals surface area contributed by atoms with E-state index in [9.17, 15) is 9.59 Å². The first kappa shape index (κ1) is 10.8. The van der Waals surface area contributed by atoms with Crippen LogP contribution in [-0.4, -0.2) is 16.8 Å². The summed E-state index contributed by atoms with van der Waals surface area (Å²) in [7, 11) is 0. The van der Waals surface area contributed by atoms with Gasteiger partial charge in [0.15, 0.2) is 0 Å². The van der Waals surface area contributed by atoms with Crippen LogP contribution in [0.1, 0.15) is 0 Å². The lowest BCUT2D eigenvalue weighted by Crippen LogP contribution is -2.29. The molecule has 0 aliphatic carbocycles. The van der Waals surface area contributed by atoms with E-state index in [1.165, 1.54) is 10.9 Å². The maximum absolute atomic E-state index is 9.45. The maximum atomic E-state index is 9.45. The van der Waals surface area contributed by atoms with E-state index >= 15 is 0 Å². The lowest BCUT2D eigenvalue weighted by atomic mass is 10.3. The number of nitrogens with one attached hydrogen (secondary N) is 1. The van der Waals surface area contributed by atoms with Crippen LogP contribution < -0.4 is 11.5 Å². The number of hydrogen-bond donors (Lipinski definition) is 3. The highest BCUT2D eigenvalue weighted by Gasteiger charge is 1.96. The van der Waals surface area contributed by atoms with Crippen molar-refractivity contribution in [2.24, 2.45) is 11.5 Å². The highest BCUT2D eigenvalue weighted by molar-refractivity contribution is 6.33. The standard InChI is InChI=1S/C8H7N.C2H4N2O2/c1-2-4-8-7(3-1)5-6-9-8;3-1(5)2(4)6/h1-6,9H;(H2,3,5)(H2,4,6). The van der Waals surface area contributed by atoms with Gasteiger partial charge in [0.25, 0.3) is 0 Å². The number of rotatable bonds is 0. The SMILES string of the molecule is NC(=O)C(N)=O.c1ccc2[nH]ccc2c1. The summed E-state index contributed by atoms with van der Waals surface area (Å²) in [5, 5.41) is 1.28. The zero-order valence-electron chi connectivity index (χ0n) is 7.94. The summed E-state index contributed by atoms with van der Waals surface area (Å²) in [5.74, 6) is -2.20. The normalized spacial score (nSPS) is 9.07. The Morgan fingerprint density at radius 1 is 1.00 bits per heavy atom. The summed E-state index contributed by atoms with van der Waals surface area (Å²) < 4.78 is 0. The molecule has 0 saturated carbocycles. The number of carbonyl (C=O) groups is 2. The first-order valence-corrected chi connectivity index (χ1v) is 4.22. The van der Waals surface area contributed by atoms with Crippen molar-refractivity contribution in [3.8, 4) is 0 Å². The molecule has 5 N–H and O–H groups in total. The molecular weight excluding hydrogens is 194 g/mol. The molecule has 0 aliphatic rings. The molecule has 0 fully saturated rings. The maximum Gasteiger partial charge on any atom is 0.306 e. The fraction of sp³-hybridized carbons (Fsp3) is 0. The highest BCUT2D eigenvalue weighted by Crippen LogP contribution is 2.09. The molecule has 1 heterocycles. The molecule has 1 aromatic carbocycles. The van der Waals surface area contributed by atoms with Gasteiger partial charge < -0.3 is 16.5 Å². The van der Waals surface area contributed by atoms with Crippen LogP contribution in [0.5, 0.6) is 0 Å². The molecule has 0 saturated heterocycles. The quantitative estimate of drug-likeness (QED) is 0.532. The monoisotopic (exact) mass is 205 g/mol. The number of nitrogens with two attached hydrogens (primary N) is 2. The van der Waals surface area contributed by atoms with Gasteiger partial charge >= 0.3 is 11.8 Å². The van der Waals surface area contributed by atoms with Crippen LogP contribution in [0.2, 0.25) is 0 Å². The number of aromatic nitrogens is 1. The van der Waals surface area contributed by atoms with Crippen molar-refractivity contribution < 1.29 is 9.59 Å². The van der Waals surface area contributed by atoms with Gasteiger partial charge in [-0.1, -0.05) is 18.2 Å². The summed E-state index contributed by atoms with van der Waals surface area (Å²) in [4.78, 5) is 22.0. The molecule has 0 aliphatic heterocycles. The Balaban J connectivity index is 0.000000167. The Kier molecular flexibility index (Phi) is 3.45. The summed E-state index contributed by atoms with van der Waals surface area (Å²) >= 11 is 0. The van der Waals surface area contributed by atoms with Gasteiger partial charge in [-0.2, -0.15) is 0 Å². The van der Waals surface area contributed by atoms with E-state index in [4.69, 9.17) is 0 Å². The lowest BCUT2D eigenvalue weighted by molar-refractivity contribution is -0.135. The van der Waals surface area contributed by atoms with E-state index in [0.29, 0.717) is 0 Å². The van der Waals surface area contributed by atoms with Crippen LogP contribution in [0.25, 0.3) is 10.9 Å². The summed E-state index contributed by atoms with van der Waals surface area (Å²) in [6, 6.07) is 10.3. The average molecular weight is 205 g/mol. The molecule has 2 aromatic rings. The Morgan fingerprint density at radius 2 is 1.60 bits per heavy atom. The zero-order valence-corrected chi connectivity index (χ0v) is 7.94. The summed E-state index contributed by atoms with van der Waals surface area (Å²) in [6.45, 7) is 0. The third-order valence-electron chi connectivity index (χ3n) is 1.71. The number of benzene rings is 1. The minimum atomic E-state index is -1.10. The smallest absolute Gasteiger partial charge is 0.306 e. The van der Waals surface area contributed by atoms with Gasteiger partial charge in [-0.3, -0.25) is 9.59 Å². The van der Waals surface area contributed by atoms with Crippen molar-refractivity contribution in [2.45, 2.75) is 0 Å². The number of primary amides is 2. The third-order valence-corrected chi connectivity index (χ3v) is 1.71. The molecule has 1 aromatic heterocycles. The number of fused-ring (bicyclic) bond motifs is 1. The number of carbonyl (C=O) groups excluding carboxylic acids is 2.